The molecule has 3 N–H and O–H groups in total. The van der Waals surface area contributed by atoms with E-state index in [1.807, 2.05) is 5.32 Å². The molecule has 2 heterocycles. The second-order valence-electron chi connectivity index (χ2n) is 8.28. The van der Waals surface area contributed by atoms with Gasteiger partial charge in [-0.3, -0.25) is 0 Å². The van der Waals surface area contributed by atoms with Crippen LogP contribution in [0.2, 0.25) is 0 Å². The number of alkyl halides is 8. The van der Waals surface area contributed by atoms with Crippen LogP contribution in [0.1, 0.15) is 24.0 Å². The number of halogens is 8. The normalized spacial score (nSPS) is 20.8. The minimum atomic E-state index is -4.93. The van der Waals surface area contributed by atoms with Gasteiger partial charge in [0.15, 0.2) is 0 Å². The predicted molar refractivity (Wildman–Crippen MR) is 107 cm³/mol. The van der Waals surface area contributed by atoms with Crippen LogP contribution in [-0.2, 0) is 6.18 Å². The Bertz CT molecular complexity index is 1230. The molecule has 0 unspecified atom stereocenters. The van der Waals surface area contributed by atoms with E-state index in [0.717, 1.165) is 6.07 Å². The summed E-state index contributed by atoms with van der Waals surface area (Å²) < 4.78 is 110. The summed E-state index contributed by atoms with van der Waals surface area (Å²) in [5.74, 6) is -0.270. The lowest BCUT2D eigenvalue weighted by atomic mass is 9.76. The Morgan fingerprint density at radius 3 is 2.40 bits per heavy atom. The third-order valence-electron chi connectivity index (χ3n) is 5.50. The molecule has 0 radical (unpaired) electrons. The van der Waals surface area contributed by atoms with E-state index in [1.165, 1.54) is 13.0 Å². The van der Waals surface area contributed by atoms with Crippen molar-refractivity contribution in [3.63, 3.8) is 0 Å². The molecule has 1 fully saturated rings. The number of aliphatic hydroxyl groups is 1. The fraction of sp³-hybridized carbons (Fsp3) is 0.450. The van der Waals surface area contributed by atoms with Gasteiger partial charge in [-0.05, 0) is 30.7 Å². The van der Waals surface area contributed by atoms with Gasteiger partial charge in [0.05, 0.1) is 11.1 Å². The number of fused-ring (bicyclic) bond motifs is 1. The molecule has 1 saturated carbocycles. The molecule has 2 aromatic heterocycles. The van der Waals surface area contributed by atoms with Gasteiger partial charge in [-0.25, -0.2) is 13.8 Å². The van der Waals surface area contributed by atoms with Crippen LogP contribution in [0.15, 0.2) is 22.6 Å². The summed E-state index contributed by atoms with van der Waals surface area (Å²) in [6, 6.07) is 2.21. The first-order valence-corrected chi connectivity index (χ1v) is 10.1. The van der Waals surface area contributed by atoms with Crippen molar-refractivity contribution in [2.24, 2.45) is 0 Å². The molecule has 4 rings (SSSR count). The van der Waals surface area contributed by atoms with Gasteiger partial charge >= 0.3 is 18.4 Å². The molecule has 0 spiro atoms. The smallest absolute Gasteiger partial charge is 0.402 e. The molecular formula is C20H17F8N5O2. The summed E-state index contributed by atoms with van der Waals surface area (Å²) in [5.41, 5.74) is -4.16. The third-order valence-corrected chi connectivity index (χ3v) is 5.50. The molecule has 1 aromatic carbocycles. The van der Waals surface area contributed by atoms with Crippen molar-refractivity contribution in [1.82, 2.24) is 15.2 Å². The highest BCUT2D eigenvalue weighted by molar-refractivity contribution is 5.90. The van der Waals surface area contributed by atoms with E-state index in [0.29, 0.717) is 6.07 Å². The van der Waals surface area contributed by atoms with E-state index in [4.69, 9.17) is 4.42 Å². The Hall–Kier alpha value is -3.23. The van der Waals surface area contributed by atoms with E-state index in [9.17, 15) is 40.2 Å². The van der Waals surface area contributed by atoms with Crippen molar-refractivity contribution in [2.75, 3.05) is 17.2 Å². The zero-order chi connectivity index (χ0) is 25.8. The number of hydrogen-bond donors (Lipinski definition) is 3. The maximum Gasteiger partial charge on any atom is 0.418 e. The zero-order valence-electron chi connectivity index (χ0n) is 17.7. The van der Waals surface area contributed by atoms with Gasteiger partial charge < -0.3 is 20.2 Å². The van der Waals surface area contributed by atoms with Crippen LogP contribution in [0, 0.1) is 6.92 Å². The van der Waals surface area contributed by atoms with Crippen molar-refractivity contribution in [3.8, 4) is 11.6 Å². The number of nitrogens with zero attached hydrogens (tertiary/aromatic N) is 3. The highest BCUT2D eigenvalue weighted by Gasteiger charge is 2.50. The van der Waals surface area contributed by atoms with Crippen LogP contribution in [-0.4, -0.2) is 51.1 Å². The SMILES string of the molecule is Cc1cc(-c2nnc(NC3CC(O)(C(F)F)C3)o2)nc2c(C(F)(F)F)cc(NCC(F)(F)F)cc12. The number of hydrogen-bond acceptors (Lipinski definition) is 7. The standard InChI is InChI=1S/C20H17F8N5O2/c1-8-2-13(15-32-33-17(35-15)30-10-5-18(34,6-10)16(21)22)31-14-11(8)3-9(29-7-19(23,24)25)4-12(14)20(26,27)28/h2-4,10,16,29,34H,5-7H2,1H3,(H,30,33). The fourth-order valence-corrected chi connectivity index (χ4v) is 3.75. The highest BCUT2D eigenvalue weighted by Crippen LogP contribution is 2.40. The minimum absolute atomic E-state index is 0.0353. The maximum absolute atomic E-state index is 13.7. The fourth-order valence-electron chi connectivity index (χ4n) is 3.75. The van der Waals surface area contributed by atoms with Gasteiger partial charge in [-0.2, -0.15) is 26.3 Å². The number of benzene rings is 1. The Morgan fingerprint density at radius 1 is 1.11 bits per heavy atom. The monoisotopic (exact) mass is 511 g/mol. The minimum Gasteiger partial charge on any atom is -0.402 e. The van der Waals surface area contributed by atoms with E-state index in [-0.39, 0.29) is 47.1 Å². The average Bonchev–Trinajstić information content (AvgIpc) is 3.18. The molecular weight excluding hydrogens is 494 g/mol. The van der Waals surface area contributed by atoms with Crippen LogP contribution in [0.4, 0.5) is 46.8 Å². The summed E-state index contributed by atoms with van der Waals surface area (Å²) in [5, 5.41) is 21.6. The predicted octanol–water partition coefficient (Wildman–Crippen LogP) is 5.16. The second kappa shape index (κ2) is 8.46. The third kappa shape index (κ3) is 5.23. The van der Waals surface area contributed by atoms with Gasteiger partial charge in [0, 0.05) is 30.0 Å². The van der Waals surface area contributed by atoms with Crippen LogP contribution >= 0.6 is 0 Å². The molecule has 1 aliphatic carbocycles. The molecule has 3 aromatic rings. The topological polar surface area (TPSA) is 96.1 Å². The summed E-state index contributed by atoms with van der Waals surface area (Å²) in [7, 11) is 0. The number of aryl methyl sites for hydroxylation is 1. The maximum atomic E-state index is 13.7. The van der Waals surface area contributed by atoms with Crippen molar-refractivity contribution < 1.29 is 44.6 Å². The number of pyridine rings is 1. The van der Waals surface area contributed by atoms with Crippen LogP contribution in [0.3, 0.4) is 0 Å². The molecule has 35 heavy (non-hydrogen) atoms. The Balaban J connectivity index is 1.64. The van der Waals surface area contributed by atoms with Gasteiger partial charge in [0.1, 0.15) is 17.8 Å². The number of rotatable bonds is 6. The quantitative estimate of drug-likeness (QED) is 0.394. The molecule has 190 valence electrons. The molecule has 0 aliphatic heterocycles. The Morgan fingerprint density at radius 2 is 1.80 bits per heavy atom. The Labute approximate surface area is 191 Å². The lowest BCUT2D eigenvalue weighted by molar-refractivity contribution is -0.148. The number of nitrogens with one attached hydrogen (secondary N) is 2. The van der Waals surface area contributed by atoms with E-state index >= 15 is 0 Å². The van der Waals surface area contributed by atoms with Gasteiger partial charge in [-0.15, -0.1) is 5.10 Å². The molecule has 0 saturated heterocycles. The van der Waals surface area contributed by atoms with Crippen molar-refractivity contribution in [2.45, 2.75) is 50.2 Å². The zero-order valence-corrected chi connectivity index (χ0v) is 17.7. The van der Waals surface area contributed by atoms with Crippen molar-refractivity contribution >= 4 is 22.6 Å². The van der Waals surface area contributed by atoms with Crippen LogP contribution in [0.25, 0.3) is 22.5 Å². The second-order valence-corrected chi connectivity index (χ2v) is 8.28. The van der Waals surface area contributed by atoms with Crippen LogP contribution < -0.4 is 10.6 Å². The van der Waals surface area contributed by atoms with E-state index < -0.39 is 48.0 Å². The summed E-state index contributed by atoms with van der Waals surface area (Å²) in [6.45, 7) is -0.0793. The Kier molecular flexibility index (Phi) is 6.02. The summed E-state index contributed by atoms with van der Waals surface area (Å²) in [6.07, 6.45) is -13.0. The molecule has 15 heteroatoms. The number of aromatic nitrogens is 3. The first kappa shape index (κ1) is 24.9. The number of anilines is 2. The lowest BCUT2D eigenvalue weighted by Gasteiger charge is -2.42. The molecule has 7 nitrogen and oxygen atoms in total. The lowest BCUT2D eigenvalue weighted by Crippen LogP contribution is -2.55. The highest BCUT2D eigenvalue weighted by atomic mass is 19.4. The van der Waals surface area contributed by atoms with Crippen LogP contribution in [0.5, 0.6) is 0 Å². The van der Waals surface area contributed by atoms with Crippen molar-refractivity contribution in [3.05, 3.63) is 29.3 Å². The molecule has 1 aliphatic rings. The van der Waals surface area contributed by atoms with Gasteiger partial charge in [0.25, 0.3) is 12.3 Å². The summed E-state index contributed by atoms with van der Waals surface area (Å²) in [4.78, 5) is 3.96. The first-order chi connectivity index (χ1) is 16.1. The van der Waals surface area contributed by atoms with Gasteiger partial charge in [-0.1, -0.05) is 5.10 Å². The summed E-state index contributed by atoms with van der Waals surface area (Å²) >= 11 is 0. The average molecular weight is 511 g/mol. The van der Waals surface area contributed by atoms with E-state index in [2.05, 4.69) is 20.5 Å². The molecule has 0 amide bonds. The van der Waals surface area contributed by atoms with Gasteiger partial charge in [0.2, 0.25) is 0 Å². The van der Waals surface area contributed by atoms with E-state index in [1.54, 1.807) is 0 Å². The van der Waals surface area contributed by atoms with Crippen molar-refractivity contribution in [1.29, 1.82) is 0 Å². The first-order valence-electron chi connectivity index (χ1n) is 10.1. The molecule has 0 atom stereocenters. The largest absolute Gasteiger partial charge is 0.418 e. The molecule has 0 bridgehead atoms.